The van der Waals surface area contributed by atoms with Gasteiger partial charge in [-0.15, -0.1) is 0 Å². The van der Waals surface area contributed by atoms with E-state index in [0.29, 0.717) is 12.1 Å². The Balaban J connectivity index is 1.51. The normalized spacial score (nSPS) is 38.8. The Labute approximate surface area is 96.6 Å². The van der Waals surface area contributed by atoms with Crippen molar-refractivity contribution in [3.63, 3.8) is 0 Å². The first-order valence-electron chi connectivity index (χ1n) is 6.10. The molecule has 1 atom stereocenters. The molecular formula is C11H19N3S. The molecule has 0 aromatic rings. The van der Waals surface area contributed by atoms with E-state index in [1.165, 1.54) is 45.3 Å². The van der Waals surface area contributed by atoms with E-state index in [1.54, 1.807) is 0 Å². The molecule has 0 amide bonds. The van der Waals surface area contributed by atoms with Crippen LogP contribution in [0.4, 0.5) is 0 Å². The fraction of sp³-hybridized carbons (Fsp3) is 0.909. The van der Waals surface area contributed by atoms with Crippen LogP contribution in [0.25, 0.3) is 0 Å². The quantitative estimate of drug-likeness (QED) is 0.677. The molecule has 84 valence electrons. The lowest BCUT2D eigenvalue weighted by Crippen LogP contribution is -2.58. The van der Waals surface area contributed by atoms with E-state index >= 15 is 0 Å². The third-order valence-electron chi connectivity index (χ3n) is 3.89. The summed E-state index contributed by atoms with van der Waals surface area (Å²) < 4.78 is 0. The molecule has 0 spiro atoms. The first-order valence-corrected chi connectivity index (χ1v) is 6.51. The van der Waals surface area contributed by atoms with Crippen molar-refractivity contribution in [2.75, 3.05) is 19.6 Å². The van der Waals surface area contributed by atoms with E-state index < -0.39 is 0 Å². The molecule has 0 aromatic heterocycles. The largest absolute Gasteiger partial charge is 0.360 e. The van der Waals surface area contributed by atoms with Gasteiger partial charge in [0.25, 0.3) is 0 Å². The van der Waals surface area contributed by atoms with Crippen LogP contribution in [0.15, 0.2) is 0 Å². The number of hydrogen-bond acceptors (Lipinski definition) is 2. The smallest absolute Gasteiger partial charge is 0.166 e. The van der Waals surface area contributed by atoms with Crippen molar-refractivity contribution < 1.29 is 0 Å². The second-order valence-corrected chi connectivity index (χ2v) is 5.54. The Kier molecular flexibility index (Phi) is 2.56. The second-order valence-electron chi connectivity index (χ2n) is 5.14. The van der Waals surface area contributed by atoms with Gasteiger partial charge in [0, 0.05) is 18.6 Å². The molecule has 3 nitrogen and oxygen atoms in total. The molecule has 2 N–H and O–H groups in total. The van der Waals surface area contributed by atoms with Crippen LogP contribution >= 0.6 is 12.2 Å². The molecule has 4 heteroatoms. The Morgan fingerprint density at radius 1 is 1.07 bits per heavy atom. The zero-order valence-electron chi connectivity index (χ0n) is 9.04. The topological polar surface area (TPSA) is 27.3 Å². The second kappa shape index (κ2) is 3.91. The molecule has 15 heavy (non-hydrogen) atoms. The van der Waals surface area contributed by atoms with Crippen molar-refractivity contribution in [1.82, 2.24) is 15.5 Å². The summed E-state index contributed by atoms with van der Waals surface area (Å²) in [5.74, 6) is 0.856. The zero-order chi connectivity index (χ0) is 10.3. The van der Waals surface area contributed by atoms with Gasteiger partial charge in [-0.2, -0.15) is 0 Å². The van der Waals surface area contributed by atoms with Gasteiger partial charge in [-0.25, -0.2) is 0 Å². The minimum atomic E-state index is 0.603. The SMILES string of the molecule is S=C(NC1CC1)NC1CN2CCC1CC2. The van der Waals surface area contributed by atoms with E-state index in [4.69, 9.17) is 12.2 Å². The van der Waals surface area contributed by atoms with Gasteiger partial charge in [-0.3, -0.25) is 0 Å². The van der Waals surface area contributed by atoms with Gasteiger partial charge < -0.3 is 15.5 Å². The molecule has 1 aliphatic carbocycles. The van der Waals surface area contributed by atoms with Crippen LogP contribution in [0.1, 0.15) is 25.7 Å². The Bertz CT molecular complexity index is 257. The molecule has 4 aliphatic rings. The van der Waals surface area contributed by atoms with Crippen molar-refractivity contribution >= 4 is 17.3 Å². The van der Waals surface area contributed by atoms with Crippen molar-refractivity contribution in [2.45, 2.75) is 37.8 Å². The molecule has 1 unspecified atom stereocenters. The van der Waals surface area contributed by atoms with Crippen LogP contribution in [0.3, 0.4) is 0 Å². The lowest BCUT2D eigenvalue weighted by atomic mass is 9.84. The maximum Gasteiger partial charge on any atom is 0.166 e. The Morgan fingerprint density at radius 2 is 1.80 bits per heavy atom. The molecular weight excluding hydrogens is 206 g/mol. The predicted molar refractivity (Wildman–Crippen MR) is 64.8 cm³/mol. The van der Waals surface area contributed by atoms with Crippen LogP contribution in [-0.2, 0) is 0 Å². The van der Waals surface area contributed by atoms with Gasteiger partial charge in [-0.1, -0.05) is 0 Å². The number of rotatable bonds is 2. The average molecular weight is 225 g/mol. The number of fused-ring (bicyclic) bond motifs is 3. The summed E-state index contributed by atoms with van der Waals surface area (Å²) in [6.07, 6.45) is 5.29. The van der Waals surface area contributed by atoms with Gasteiger partial charge in [0.2, 0.25) is 0 Å². The number of thiocarbonyl (C=S) groups is 1. The van der Waals surface area contributed by atoms with Crippen molar-refractivity contribution in [1.29, 1.82) is 0 Å². The highest BCUT2D eigenvalue weighted by Gasteiger charge is 2.34. The predicted octanol–water partition coefficient (Wildman–Crippen LogP) is 0.707. The van der Waals surface area contributed by atoms with Gasteiger partial charge in [-0.05, 0) is 56.9 Å². The number of hydrogen-bond donors (Lipinski definition) is 2. The third-order valence-corrected chi connectivity index (χ3v) is 4.12. The molecule has 3 saturated heterocycles. The van der Waals surface area contributed by atoms with Gasteiger partial charge in [0.15, 0.2) is 5.11 Å². The van der Waals surface area contributed by atoms with Crippen LogP contribution < -0.4 is 10.6 Å². The molecule has 1 saturated carbocycles. The number of piperidine rings is 3. The van der Waals surface area contributed by atoms with Crippen LogP contribution in [0.2, 0.25) is 0 Å². The highest BCUT2D eigenvalue weighted by Crippen LogP contribution is 2.27. The van der Waals surface area contributed by atoms with E-state index in [9.17, 15) is 0 Å². The standard InChI is InChI=1S/C11H19N3S/c15-11(12-9-1-2-9)13-10-7-14-5-3-8(10)4-6-14/h8-10H,1-7H2,(H2,12,13,15). The number of nitrogens with one attached hydrogen (secondary N) is 2. The fourth-order valence-electron chi connectivity index (χ4n) is 2.75. The van der Waals surface area contributed by atoms with Gasteiger partial charge in [0.05, 0.1) is 0 Å². The molecule has 4 fully saturated rings. The average Bonchev–Trinajstić information content (AvgIpc) is 3.03. The summed E-state index contributed by atoms with van der Waals surface area (Å²) in [5.41, 5.74) is 0. The monoisotopic (exact) mass is 225 g/mol. The highest BCUT2D eigenvalue weighted by molar-refractivity contribution is 7.80. The zero-order valence-corrected chi connectivity index (χ0v) is 9.85. The fourth-order valence-corrected chi connectivity index (χ4v) is 3.07. The molecule has 0 radical (unpaired) electrons. The van der Waals surface area contributed by atoms with E-state index in [-0.39, 0.29) is 0 Å². The molecule has 3 aliphatic heterocycles. The Hall–Kier alpha value is -0.350. The lowest BCUT2D eigenvalue weighted by molar-refractivity contribution is 0.0811. The van der Waals surface area contributed by atoms with E-state index in [2.05, 4.69) is 15.5 Å². The Morgan fingerprint density at radius 3 is 2.33 bits per heavy atom. The van der Waals surface area contributed by atoms with E-state index in [1.807, 2.05) is 0 Å². The summed E-state index contributed by atoms with van der Waals surface area (Å²) in [4.78, 5) is 2.55. The molecule has 4 rings (SSSR count). The van der Waals surface area contributed by atoms with Gasteiger partial charge >= 0.3 is 0 Å². The molecule has 0 aromatic carbocycles. The van der Waals surface area contributed by atoms with Crippen LogP contribution in [0.5, 0.6) is 0 Å². The van der Waals surface area contributed by atoms with Crippen LogP contribution in [-0.4, -0.2) is 41.7 Å². The minimum Gasteiger partial charge on any atom is -0.360 e. The minimum absolute atomic E-state index is 0.603. The van der Waals surface area contributed by atoms with Crippen molar-refractivity contribution in [3.05, 3.63) is 0 Å². The summed E-state index contributed by atoms with van der Waals surface area (Å²) >= 11 is 5.33. The third kappa shape index (κ3) is 2.26. The summed E-state index contributed by atoms with van der Waals surface area (Å²) in [7, 11) is 0. The molecule has 2 bridgehead atoms. The summed E-state index contributed by atoms with van der Waals surface area (Å²) in [5, 5.41) is 7.75. The summed E-state index contributed by atoms with van der Waals surface area (Å²) in [6, 6.07) is 1.28. The maximum atomic E-state index is 5.33. The first kappa shape index (κ1) is 9.85. The highest BCUT2D eigenvalue weighted by atomic mass is 32.1. The number of nitrogens with zero attached hydrogens (tertiary/aromatic N) is 1. The van der Waals surface area contributed by atoms with E-state index in [0.717, 1.165) is 11.0 Å². The first-order chi connectivity index (χ1) is 7.31. The van der Waals surface area contributed by atoms with Crippen molar-refractivity contribution in [2.24, 2.45) is 5.92 Å². The molecule has 3 heterocycles. The lowest BCUT2D eigenvalue weighted by Gasteiger charge is -2.45. The van der Waals surface area contributed by atoms with Crippen LogP contribution in [0, 0.1) is 5.92 Å². The van der Waals surface area contributed by atoms with Crippen molar-refractivity contribution in [3.8, 4) is 0 Å². The summed E-state index contributed by atoms with van der Waals surface area (Å²) in [6.45, 7) is 3.79. The maximum absolute atomic E-state index is 5.33. The van der Waals surface area contributed by atoms with Gasteiger partial charge in [0.1, 0.15) is 0 Å².